The molecule has 0 saturated carbocycles. The molecule has 4 heteroatoms. The van der Waals surface area contributed by atoms with Crippen molar-refractivity contribution >= 4 is 15.9 Å². The Labute approximate surface area is 110 Å². The second-order valence-corrected chi connectivity index (χ2v) is 4.79. The maximum atomic E-state index is 4.56. The minimum absolute atomic E-state index is 0.802. The molecule has 0 unspecified atom stereocenters. The van der Waals surface area contributed by atoms with Crippen molar-refractivity contribution in [2.24, 2.45) is 0 Å². The lowest BCUT2D eigenvalue weighted by atomic mass is 10.1. The molecule has 1 aromatic carbocycles. The second kappa shape index (κ2) is 5.47. The van der Waals surface area contributed by atoms with E-state index in [4.69, 9.17) is 0 Å². The summed E-state index contributed by atoms with van der Waals surface area (Å²) in [6, 6.07) is 10.5. The van der Waals surface area contributed by atoms with Gasteiger partial charge >= 0.3 is 0 Å². The SMILES string of the molecule is CCn1nc(CNC)cc1-c1ccc(Br)cc1. The molecule has 0 fully saturated rings. The van der Waals surface area contributed by atoms with Gasteiger partial charge in [-0.2, -0.15) is 5.10 Å². The molecule has 0 aliphatic heterocycles. The molecule has 0 aliphatic carbocycles. The van der Waals surface area contributed by atoms with Crippen LogP contribution >= 0.6 is 15.9 Å². The Hall–Kier alpha value is -1.13. The highest BCUT2D eigenvalue weighted by molar-refractivity contribution is 9.10. The quantitative estimate of drug-likeness (QED) is 0.939. The van der Waals surface area contributed by atoms with Gasteiger partial charge in [0.15, 0.2) is 0 Å². The highest BCUT2D eigenvalue weighted by atomic mass is 79.9. The zero-order valence-electron chi connectivity index (χ0n) is 10.1. The number of rotatable bonds is 4. The molecule has 2 rings (SSSR count). The van der Waals surface area contributed by atoms with Crippen molar-refractivity contribution in [1.29, 1.82) is 0 Å². The van der Waals surface area contributed by atoms with Crippen molar-refractivity contribution in [2.75, 3.05) is 7.05 Å². The van der Waals surface area contributed by atoms with Crippen LogP contribution in [0.3, 0.4) is 0 Å². The van der Waals surface area contributed by atoms with Gasteiger partial charge in [-0.1, -0.05) is 28.1 Å². The molecule has 0 bridgehead atoms. The zero-order chi connectivity index (χ0) is 12.3. The van der Waals surface area contributed by atoms with Crippen LogP contribution in [-0.2, 0) is 13.1 Å². The van der Waals surface area contributed by atoms with Crippen molar-refractivity contribution in [3.63, 3.8) is 0 Å². The number of nitrogens with zero attached hydrogens (tertiary/aromatic N) is 2. The van der Waals surface area contributed by atoms with Gasteiger partial charge in [-0.15, -0.1) is 0 Å². The number of hydrogen-bond acceptors (Lipinski definition) is 2. The van der Waals surface area contributed by atoms with E-state index in [1.54, 1.807) is 0 Å². The Balaban J connectivity index is 2.39. The predicted octanol–water partition coefficient (Wildman–Crippen LogP) is 3.05. The highest BCUT2D eigenvalue weighted by Crippen LogP contribution is 2.22. The first kappa shape index (κ1) is 12.3. The molecule has 0 radical (unpaired) electrons. The first-order valence-corrected chi connectivity index (χ1v) is 6.51. The van der Waals surface area contributed by atoms with Gasteiger partial charge in [0.25, 0.3) is 0 Å². The van der Waals surface area contributed by atoms with Crippen molar-refractivity contribution in [3.05, 3.63) is 40.5 Å². The number of aromatic nitrogens is 2. The second-order valence-electron chi connectivity index (χ2n) is 3.87. The van der Waals surface area contributed by atoms with Crippen LogP contribution in [0, 0.1) is 0 Å². The van der Waals surface area contributed by atoms with Crippen LogP contribution in [0.2, 0.25) is 0 Å². The summed E-state index contributed by atoms with van der Waals surface area (Å²) in [6.07, 6.45) is 0. The fourth-order valence-corrected chi connectivity index (χ4v) is 2.10. The molecule has 2 aromatic rings. The van der Waals surface area contributed by atoms with E-state index in [-0.39, 0.29) is 0 Å². The summed E-state index contributed by atoms with van der Waals surface area (Å²) >= 11 is 3.45. The molecule has 3 nitrogen and oxygen atoms in total. The summed E-state index contributed by atoms with van der Waals surface area (Å²) in [5.74, 6) is 0. The van der Waals surface area contributed by atoms with Gasteiger partial charge in [-0.05, 0) is 37.7 Å². The first-order chi connectivity index (χ1) is 8.24. The van der Waals surface area contributed by atoms with Crippen LogP contribution in [-0.4, -0.2) is 16.8 Å². The van der Waals surface area contributed by atoms with Crippen LogP contribution in [0.4, 0.5) is 0 Å². The summed E-state index contributed by atoms with van der Waals surface area (Å²) in [5, 5.41) is 7.69. The molecule has 1 heterocycles. The summed E-state index contributed by atoms with van der Waals surface area (Å²) in [7, 11) is 1.93. The summed E-state index contributed by atoms with van der Waals surface area (Å²) < 4.78 is 3.13. The van der Waals surface area contributed by atoms with Crippen molar-refractivity contribution < 1.29 is 0 Å². The van der Waals surface area contributed by atoms with Crippen LogP contribution in [0.25, 0.3) is 11.3 Å². The van der Waals surface area contributed by atoms with Gasteiger partial charge in [0.05, 0.1) is 11.4 Å². The fourth-order valence-electron chi connectivity index (χ4n) is 1.83. The average molecular weight is 294 g/mol. The molecule has 0 spiro atoms. The normalized spacial score (nSPS) is 10.8. The largest absolute Gasteiger partial charge is 0.314 e. The van der Waals surface area contributed by atoms with E-state index in [1.807, 2.05) is 11.7 Å². The maximum absolute atomic E-state index is 4.56. The number of aryl methyl sites for hydroxylation is 1. The van der Waals surface area contributed by atoms with E-state index in [0.29, 0.717) is 0 Å². The predicted molar refractivity (Wildman–Crippen MR) is 73.8 cm³/mol. The Morgan fingerprint density at radius 1 is 1.29 bits per heavy atom. The minimum Gasteiger partial charge on any atom is -0.314 e. The smallest absolute Gasteiger partial charge is 0.0768 e. The van der Waals surface area contributed by atoms with Crippen LogP contribution in [0.15, 0.2) is 34.8 Å². The molecule has 0 aliphatic rings. The summed E-state index contributed by atoms with van der Waals surface area (Å²) in [4.78, 5) is 0. The third-order valence-corrected chi connectivity index (χ3v) is 3.16. The van der Waals surface area contributed by atoms with Gasteiger partial charge in [0.1, 0.15) is 0 Å². The van der Waals surface area contributed by atoms with Crippen LogP contribution in [0.5, 0.6) is 0 Å². The fraction of sp³-hybridized carbons (Fsp3) is 0.308. The minimum atomic E-state index is 0.802. The van der Waals surface area contributed by atoms with E-state index in [1.165, 1.54) is 11.3 Å². The molecular weight excluding hydrogens is 278 g/mol. The number of hydrogen-bond donors (Lipinski definition) is 1. The van der Waals surface area contributed by atoms with Crippen molar-refractivity contribution in [3.8, 4) is 11.3 Å². The third-order valence-electron chi connectivity index (χ3n) is 2.63. The summed E-state index contributed by atoms with van der Waals surface area (Å²) in [6.45, 7) is 3.80. The lowest BCUT2D eigenvalue weighted by Crippen LogP contribution is -2.06. The van der Waals surface area contributed by atoms with E-state index < -0.39 is 0 Å². The first-order valence-electron chi connectivity index (χ1n) is 5.72. The Kier molecular flexibility index (Phi) is 3.97. The van der Waals surface area contributed by atoms with Gasteiger partial charge in [0, 0.05) is 17.6 Å². The topological polar surface area (TPSA) is 29.9 Å². The average Bonchev–Trinajstić information content (AvgIpc) is 2.74. The van der Waals surface area contributed by atoms with Gasteiger partial charge in [-0.25, -0.2) is 0 Å². The standard InChI is InChI=1S/C13H16BrN3/c1-3-17-13(8-12(16-17)9-15-2)10-4-6-11(14)7-5-10/h4-8,15H,3,9H2,1-2H3. The molecule has 1 N–H and O–H groups in total. The van der Waals surface area contributed by atoms with Crippen LogP contribution in [0.1, 0.15) is 12.6 Å². The van der Waals surface area contributed by atoms with Gasteiger partial charge in [0.2, 0.25) is 0 Å². The molecule has 0 amide bonds. The lowest BCUT2D eigenvalue weighted by molar-refractivity contribution is 0.643. The molecular formula is C13H16BrN3. The monoisotopic (exact) mass is 293 g/mol. The summed E-state index contributed by atoms with van der Waals surface area (Å²) in [5.41, 5.74) is 3.45. The maximum Gasteiger partial charge on any atom is 0.0768 e. The Bertz CT molecular complexity index is 488. The van der Waals surface area contributed by atoms with E-state index in [2.05, 4.69) is 63.6 Å². The van der Waals surface area contributed by atoms with E-state index >= 15 is 0 Å². The van der Waals surface area contributed by atoms with Gasteiger partial charge < -0.3 is 5.32 Å². The molecule has 0 atom stereocenters. The molecule has 1 aromatic heterocycles. The molecule has 90 valence electrons. The highest BCUT2D eigenvalue weighted by Gasteiger charge is 2.08. The van der Waals surface area contributed by atoms with E-state index in [0.717, 1.165) is 23.3 Å². The van der Waals surface area contributed by atoms with Crippen molar-refractivity contribution in [2.45, 2.75) is 20.0 Å². The third kappa shape index (κ3) is 2.76. The van der Waals surface area contributed by atoms with Crippen molar-refractivity contribution in [1.82, 2.24) is 15.1 Å². The number of nitrogens with one attached hydrogen (secondary N) is 1. The lowest BCUT2D eigenvalue weighted by Gasteiger charge is -2.04. The zero-order valence-corrected chi connectivity index (χ0v) is 11.7. The van der Waals surface area contributed by atoms with Gasteiger partial charge in [-0.3, -0.25) is 4.68 Å². The molecule has 17 heavy (non-hydrogen) atoms. The Morgan fingerprint density at radius 2 is 2.00 bits per heavy atom. The number of benzene rings is 1. The molecule has 0 saturated heterocycles. The van der Waals surface area contributed by atoms with Crippen LogP contribution < -0.4 is 5.32 Å². The Morgan fingerprint density at radius 3 is 2.59 bits per heavy atom. The number of halogens is 1. The van der Waals surface area contributed by atoms with E-state index in [9.17, 15) is 0 Å².